The number of halogens is 1. The van der Waals surface area contributed by atoms with Crippen LogP contribution in [0.3, 0.4) is 0 Å². The summed E-state index contributed by atoms with van der Waals surface area (Å²) in [4.78, 5) is 11.8. The molecule has 0 aliphatic carbocycles. The Balaban J connectivity index is 1.85. The summed E-state index contributed by atoms with van der Waals surface area (Å²) in [5, 5.41) is 9.76. The van der Waals surface area contributed by atoms with Crippen LogP contribution in [0.1, 0.15) is 19.4 Å². The maximum absolute atomic E-state index is 14.7. The number of benzene rings is 3. The first-order valence-electron chi connectivity index (χ1n) is 10.6. The van der Waals surface area contributed by atoms with E-state index < -0.39 is 18.1 Å². The lowest BCUT2D eigenvalue weighted by Gasteiger charge is -2.14. The van der Waals surface area contributed by atoms with Crippen LogP contribution in [0.15, 0.2) is 85.0 Å². The summed E-state index contributed by atoms with van der Waals surface area (Å²) in [6.45, 7) is 10.7. The number of rotatable bonds is 9. The second-order valence-corrected chi connectivity index (χ2v) is 7.96. The van der Waals surface area contributed by atoms with E-state index in [0.29, 0.717) is 34.6 Å². The van der Waals surface area contributed by atoms with E-state index >= 15 is 0 Å². The van der Waals surface area contributed by atoms with Crippen molar-refractivity contribution in [2.75, 3.05) is 7.11 Å². The SMILES string of the molecule is C=C(C)C(=O)Oc1ccc(-c2ccc(-c3ccc(OC(O)C(=C)C)cc3F)cc2)c(COC)c1. The summed E-state index contributed by atoms with van der Waals surface area (Å²) < 4.78 is 30.6. The predicted octanol–water partition coefficient (Wildman–Crippen LogP) is 6.06. The van der Waals surface area contributed by atoms with E-state index in [1.807, 2.05) is 30.3 Å². The highest BCUT2D eigenvalue weighted by Gasteiger charge is 2.13. The third-order valence-electron chi connectivity index (χ3n) is 5.05. The molecule has 34 heavy (non-hydrogen) atoms. The zero-order valence-corrected chi connectivity index (χ0v) is 19.4. The van der Waals surface area contributed by atoms with Crippen LogP contribution in [0.2, 0.25) is 0 Å². The van der Waals surface area contributed by atoms with E-state index in [2.05, 4.69) is 13.2 Å². The lowest BCUT2D eigenvalue weighted by molar-refractivity contribution is -0.130. The molecule has 3 rings (SSSR count). The van der Waals surface area contributed by atoms with Crippen LogP contribution in [0.4, 0.5) is 4.39 Å². The Bertz CT molecular complexity index is 1210. The number of carbonyl (C=O) groups is 1. The number of hydrogen-bond donors (Lipinski definition) is 1. The summed E-state index contributed by atoms with van der Waals surface area (Å²) in [5.41, 5.74) is 4.48. The summed E-state index contributed by atoms with van der Waals surface area (Å²) in [6, 6.07) is 17.2. The van der Waals surface area contributed by atoms with Crippen LogP contribution in [0.25, 0.3) is 22.3 Å². The lowest BCUT2D eigenvalue weighted by Crippen LogP contribution is -2.16. The topological polar surface area (TPSA) is 65.0 Å². The maximum atomic E-state index is 14.7. The maximum Gasteiger partial charge on any atom is 0.338 e. The molecule has 0 amide bonds. The molecule has 0 aliphatic rings. The molecule has 0 fully saturated rings. The van der Waals surface area contributed by atoms with Gasteiger partial charge in [0.1, 0.15) is 17.3 Å². The van der Waals surface area contributed by atoms with E-state index in [0.717, 1.165) is 16.7 Å². The van der Waals surface area contributed by atoms with Crippen molar-refractivity contribution in [2.24, 2.45) is 0 Å². The Morgan fingerprint density at radius 1 is 0.941 bits per heavy atom. The zero-order valence-electron chi connectivity index (χ0n) is 19.4. The van der Waals surface area contributed by atoms with Crippen molar-refractivity contribution in [2.45, 2.75) is 26.7 Å². The Morgan fingerprint density at radius 2 is 1.53 bits per heavy atom. The van der Waals surface area contributed by atoms with Gasteiger partial charge >= 0.3 is 5.97 Å². The minimum Gasteiger partial charge on any atom is -0.461 e. The average molecular weight is 463 g/mol. The molecule has 0 aliphatic heterocycles. The van der Waals surface area contributed by atoms with Crippen LogP contribution >= 0.6 is 0 Å². The molecule has 0 saturated carbocycles. The van der Waals surface area contributed by atoms with Crippen molar-refractivity contribution in [3.05, 3.63) is 96.3 Å². The fraction of sp³-hybridized carbons (Fsp3) is 0.179. The molecule has 0 saturated heterocycles. The Kier molecular flexibility index (Phi) is 7.99. The summed E-state index contributed by atoms with van der Waals surface area (Å²) in [5.74, 6) is -0.345. The minimum absolute atomic E-state index is 0.213. The van der Waals surface area contributed by atoms with Crippen molar-refractivity contribution in [3.63, 3.8) is 0 Å². The molecular weight excluding hydrogens is 435 g/mol. The van der Waals surface area contributed by atoms with Crippen molar-refractivity contribution < 1.29 is 28.5 Å². The average Bonchev–Trinajstić information content (AvgIpc) is 2.80. The number of aliphatic hydroxyl groups excluding tert-OH is 1. The molecular formula is C28H27FO5. The highest BCUT2D eigenvalue weighted by molar-refractivity contribution is 5.89. The van der Waals surface area contributed by atoms with Gasteiger partial charge in [-0.05, 0) is 65.9 Å². The molecule has 1 N–H and O–H groups in total. The fourth-order valence-electron chi connectivity index (χ4n) is 3.25. The van der Waals surface area contributed by atoms with Crippen molar-refractivity contribution >= 4 is 5.97 Å². The molecule has 6 heteroatoms. The number of hydrogen-bond acceptors (Lipinski definition) is 5. The molecule has 0 bridgehead atoms. The quantitative estimate of drug-likeness (QED) is 0.138. The summed E-state index contributed by atoms with van der Waals surface area (Å²) >= 11 is 0. The van der Waals surface area contributed by atoms with Crippen molar-refractivity contribution in [3.8, 4) is 33.8 Å². The van der Waals surface area contributed by atoms with Gasteiger partial charge < -0.3 is 19.3 Å². The molecule has 0 heterocycles. The normalized spacial score (nSPS) is 11.6. The van der Waals surface area contributed by atoms with Crippen molar-refractivity contribution in [1.82, 2.24) is 0 Å². The predicted molar refractivity (Wildman–Crippen MR) is 130 cm³/mol. The third-order valence-corrected chi connectivity index (χ3v) is 5.05. The van der Waals surface area contributed by atoms with Crippen LogP contribution < -0.4 is 9.47 Å². The van der Waals surface area contributed by atoms with Gasteiger partial charge in [0.2, 0.25) is 6.29 Å². The third kappa shape index (κ3) is 5.98. The largest absolute Gasteiger partial charge is 0.461 e. The van der Waals surface area contributed by atoms with Crippen LogP contribution in [0.5, 0.6) is 11.5 Å². The van der Waals surface area contributed by atoms with Crippen LogP contribution in [-0.2, 0) is 16.1 Å². The first-order valence-corrected chi connectivity index (χ1v) is 10.6. The molecule has 3 aromatic rings. The van der Waals surface area contributed by atoms with E-state index in [-0.39, 0.29) is 5.75 Å². The van der Waals surface area contributed by atoms with Gasteiger partial charge in [-0.25, -0.2) is 9.18 Å². The molecule has 1 atom stereocenters. The smallest absolute Gasteiger partial charge is 0.338 e. The van der Waals surface area contributed by atoms with Gasteiger partial charge in [0.25, 0.3) is 0 Å². The fourth-order valence-corrected chi connectivity index (χ4v) is 3.25. The number of methoxy groups -OCH3 is 1. The van der Waals surface area contributed by atoms with E-state index in [9.17, 15) is 14.3 Å². The molecule has 5 nitrogen and oxygen atoms in total. The highest BCUT2D eigenvalue weighted by Crippen LogP contribution is 2.32. The van der Waals surface area contributed by atoms with Gasteiger partial charge in [-0.2, -0.15) is 0 Å². The number of ether oxygens (including phenoxy) is 3. The summed E-state index contributed by atoms with van der Waals surface area (Å²) in [7, 11) is 1.59. The molecule has 176 valence electrons. The first kappa shape index (κ1) is 24.9. The first-order chi connectivity index (χ1) is 16.2. The second-order valence-electron chi connectivity index (χ2n) is 7.96. The standard InChI is InChI=1S/C28H27FO5/c1-17(2)27(30)33-22-10-12-24(21(14-22)16-32-5)19-6-8-20(9-7-19)25-13-11-23(15-26(25)29)34-28(31)18(3)4/h6-15,28,31H,1,3,16H2,2,4-5H3. The Hall–Kier alpha value is -3.74. The van der Waals surface area contributed by atoms with Crippen molar-refractivity contribution in [1.29, 1.82) is 0 Å². The molecule has 1 unspecified atom stereocenters. The van der Waals surface area contributed by atoms with Gasteiger partial charge in [-0.3, -0.25) is 0 Å². The highest BCUT2D eigenvalue weighted by atomic mass is 19.1. The Labute approximate surface area is 198 Å². The van der Waals surface area contributed by atoms with E-state index in [4.69, 9.17) is 14.2 Å². The molecule has 0 radical (unpaired) electrons. The Morgan fingerprint density at radius 3 is 2.09 bits per heavy atom. The lowest BCUT2D eigenvalue weighted by atomic mass is 9.96. The van der Waals surface area contributed by atoms with Crippen LogP contribution in [0, 0.1) is 5.82 Å². The van der Waals surface area contributed by atoms with Gasteiger partial charge in [0.05, 0.1) is 6.61 Å². The second kappa shape index (κ2) is 10.9. The van der Waals surface area contributed by atoms with E-state index in [1.54, 1.807) is 45.2 Å². The van der Waals surface area contributed by atoms with Gasteiger partial charge in [-0.15, -0.1) is 0 Å². The molecule has 0 aromatic heterocycles. The molecule has 0 spiro atoms. The van der Waals surface area contributed by atoms with Gasteiger partial charge in [-0.1, -0.05) is 43.5 Å². The number of carbonyl (C=O) groups excluding carboxylic acids is 1. The van der Waals surface area contributed by atoms with Crippen LogP contribution in [-0.4, -0.2) is 24.5 Å². The van der Waals surface area contributed by atoms with Gasteiger partial charge in [0, 0.05) is 24.3 Å². The molecule has 3 aromatic carbocycles. The van der Waals surface area contributed by atoms with Gasteiger partial charge in [0.15, 0.2) is 0 Å². The number of aliphatic hydroxyl groups is 1. The monoisotopic (exact) mass is 462 g/mol. The van der Waals surface area contributed by atoms with E-state index in [1.165, 1.54) is 6.07 Å². The number of esters is 1. The zero-order chi connectivity index (χ0) is 24.8. The summed E-state index contributed by atoms with van der Waals surface area (Å²) in [6.07, 6.45) is -1.19. The minimum atomic E-state index is -1.19.